The standard InChI is InChI=1S/C25H25NO2S/c1-4-26-24(28)21-12-17-8-6-5-7-16(17)11-20(21)23(27)18-9-10-19-14-29-15-25(2,3)22(19)13-18/h5-13H,4,14-15H2,1-3H3,(H,26,28). The van der Waals surface area contributed by atoms with E-state index in [9.17, 15) is 9.59 Å². The van der Waals surface area contributed by atoms with Gasteiger partial charge in [-0.3, -0.25) is 9.59 Å². The average molecular weight is 404 g/mol. The van der Waals surface area contributed by atoms with Crippen LogP contribution in [0.5, 0.6) is 0 Å². The summed E-state index contributed by atoms with van der Waals surface area (Å²) in [4.78, 5) is 26.2. The van der Waals surface area contributed by atoms with E-state index in [0.29, 0.717) is 23.2 Å². The van der Waals surface area contributed by atoms with Crippen LogP contribution in [0, 0.1) is 0 Å². The van der Waals surface area contributed by atoms with Crippen LogP contribution in [0.2, 0.25) is 0 Å². The molecule has 1 N–H and O–H groups in total. The molecule has 0 unspecified atom stereocenters. The van der Waals surface area contributed by atoms with Crippen LogP contribution in [0.4, 0.5) is 0 Å². The fraction of sp³-hybridized carbons (Fsp3) is 0.280. The summed E-state index contributed by atoms with van der Waals surface area (Å²) in [5, 5.41) is 4.75. The van der Waals surface area contributed by atoms with Crippen LogP contribution in [-0.2, 0) is 11.2 Å². The second-order valence-electron chi connectivity index (χ2n) is 8.18. The van der Waals surface area contributed by atoms with Gasteiger partial charge in [0.1, 0.15) is 0 Å². The molecule has 1 aliphatic heterocycles. The lowest BCUT2D eigenvalue weighted by molar-refractivity contribution is 0.0944. The molecular weight excluding hydrogens is 378 g/mol. The summed E-state index contributed by atoms with van der Waals surface area (Å²) in [5.74, 6) is 1.70. The molecule has 29 heavy (non-hydrogen) atoms. The molecule has 0 aromatic heterocycles. The molecule has 3 aromatic carbocycles. The number of hydrogen-bond donors (Lipinski definition) is 1. The zero-order valence-electron chi connectivity index (χ0n) is 17.0. The smallest absolute Gasteiger partial charge is 0.252 e. The molecule has 0 fully saturated rings. The van der Waals surface area contributed by atoms with Gasteiger partial charge in [0.05, 0.1) is 5.56 Å². The highest BCUT2D eigenvalue weighted by atomic mass is 32.2. The maximum Gasteiger partial charge on any atom is 0.252 e. The van der Waals surface area contributed by atoms with Gasteiger partial charge in [0.15, 0.2) is 5.78 Å². The lowest BCUT2D eigenvalue weighted by atomic mass is 9.81. The van der Waals surface area contributed by atoms with Crippen molar-refractivity contribution in [2.75, 3.05) is 12.3 Å². The highest BCUT2D eigenvalue weighted by Gasteiger charge is 2.29. The Bertz CT molecular complexity index is 1120. The minimum Gasteiger partial charge on any atom is -0.352 e. The molecule has 0 radical (unpaired) electrons. The van der Waals surface area contributed by atoms with Crippen molar-refractivity contribution in [2.45, 2.75) is 31.9 Å². The molecule has 4 rings (SSSR count). The zero-order chi connectivity index (χ0) is 20.6. The number of carbonyl (C=O) groups is 2. The average Bonchev–Trinajstić information content (AvgIpc) is 2.72. The van der Waals surface area contributed by atoms with Crippen LogP contribution < -0.4 is 5.32 Å². The second-order valence-corrected chi connectivity index (χ2v) is 9.17. The van der Waals surface area contributed by atoms with Crippen LogP contribution >= 0.6 is 11.8 Å². The Morgan fingerprint density at radius 1 is 1.00 bits per heavy atom. The van der Waals surface area contributed by atoms with Crippen molar-refractivity contribution >= 4 is 34.2 Å². The molecule has 4 heteroatoms. The summed E-state index contributed by atoms with van der Waals surface area (Å²) in [6, 6.07) is 17.5. The van der Waals surface area contributed by atoms with Gasteiger partial charge in [-0.1, -0.05) is 50.2 Å². The number of carbonyl (C=O) groups excluding carboxylic acids is 2. The predicted molar refractivity (Wildman–Crippen MR) is 121 cm³/mol. The number of ketones is 1. The molecule has 0 spiro atoms. The van der Waals surface area contributed by atoms with Crippen LogP contribution in [0.3, 0.4) is 0 Å². The van der Waals surface area contributed by atoms with Crippen molar-refractivity contribution in [3.05, 3.63) is 82.4 Å². The van der Waals surface area contributed by atoms with Gasteiger partial charge in [0.2, 0.25) is 0 Å². The minimum absolute atomic E-state index is 0.0281. The van der Waals surface area contributed by atoms with Gasteiger partial charge in [-0.05, 0) is 52.4 Å². The van der Waals surface area contributed by atoms with E-state index >= 15 is 0 Å². The van der Waals surface area contributed by atoms with E-state index in [0.717, 1.165) is 22.3 Å². The Hall–Kier alpha value is -2.59. The molecule has 0 aliphatic carbocycles. The second kappa shape index (κ2) is 7.68. The molecule has 1 heterocycles. The Morgan fingerprint density at radius 2 is 1.69 bits per heavy atom. The summed E-state index contributed by atoms with van der Waals surface area (Å²) in [6.07, 6.45) is 0. The van der Waals surface area contributed by atoms with Gasteiger partial charge >= 0.3 is 0 Å². The van der Waals surface area contributed by atoms with Gasteiger partial charge in [0.25, 0.3) is 5.91 Å². The number of fused-ring (bicyclic) bond motifs is 2. The minimum atomic E-state index is -0.212. The number of nitrogens with one attached hydrogen (secondary N) is 1. The number of benzene rings is 3. The van der Waals surface area contributed by atoms with Crippen LogP contribution in [0.1, 0.15) is 58.2 Å². The van der Waals surface area contributed by atoms with E-state index in [1.807, 2.05) is 67.2 Å². The largest absolute Gasteiger partial charge is 0.352 e. The first-order valence-electron chi connectivity index (χ1n) is 9.97. The highest BCUT2D eigenvalue weighted by Crippen LogP contribution is 2.38. The van der Waals surface area contributed by atoms with Gasteiger partial charge < -0.3 is 5.32 Å². The summed E-state index contributed by atoms with van der Waals surface area (Å²) in [7, 11) is 0. The Labute approximate surface area is 175 Å². The van der Waals surface area contributed by atoms with E-state index in [1.165, 1.54) is 11.1 Å². The van der Waals surface area contributed by atoms with E-state index < -0.39 is 0 Å². The van der Waals surface area contributed by atoms with Crippen LogP contribution in [-0.4, -0.2) is 24.0 Å². The summed E-state index contributed by atoms with van der Waals surface area (Å²) in [5.41, 5.74) is 4.10. The van der Waals surface area contributed by atoms with E-state index in [4.69, 9.17) is 0 Å². The van der Waals surface area contributed by atoms with Crippen LogP contribution in [0.25, 0.3) is 10.8 Å². The van der Waals surface area contributed by atoms with Crippen molar-refractivity contribution in [2.24, 2.45) is 0 Å². The fourth-order valence-corrected chi connectivity index (χ4v) is 5.23. The first kappa shape index (κ1) is 19.7. The molecule has 1 amide bonds. The number of hydrogen-bond acceptors (Lipinski definition) is 3. The van der Waals surface area contributed by atoms with Gasteiger partial charge in [0, 0.05) is 29.2 Å². The molecule has 0 bridgehead atoms. The van der Waals surface area contributed by atoms with Crippen molar-refractivity contribution < 1.29 is 9.59 Å². The zero-order valence-corrected chi connectivity index (χ0v) is 17.9. The summed E-state index contributed by atoms with van der Waals surface area (Å²) in [6.45, 7) is 6.85. The van der Waals surface area contributed by atoms with E-state index in [-0.39, 0.29) is 17.1 Å². The Morgan fingerprint density at radius 3 is 2.38 bits per heavy atom. The van der Waals surface area contributed by atoms with Gasteiger partial charge in [-0.2, -0.15) is 11.8 Å². The number of amides is 1. The normalized spacial score (nSPS) is 15.0. The third-order valence-corrected chi connectivity index (χ3v) is 6.98. The molecule has 1 aliphatic rings. The summed E-state index contributed by atoms with van der Waals surface area (Å²) < 4.78 is 0. The molecule has 3 nitrogen and oxygen atoms in total. The number of rotatable bonds is 4. The fourth-order valence-electron chi connectivity index (χ4n) is 3.99. The maximum absolute atomic E-state index is 13.5. The molecule has 0 atom stereocenters. The Balaban J connectivity index is 1.85. The van der Waals surface area contributed by atoms with Crippen molar-refractivity contribution in [3.63, 3.8) is 0 Å². The first-order valence-corrected chi connectivity index (χ1v) is 11.1. The third-order valence-electron chi connectivity index (χ3n) is 5.53. The van der Waals surface area contributed by atoms with Crippen molar-refractivity contribution in [3.8, 4) is 0 Å². The van der Waals surface area contributed by atoms with Gasteiger partial charge in [-0.25, -0.2) is 0 Å². The van der Waals surface area contributed by atoms with E-state index in [1.54, 1.807) is 0 Å². The lowest BCUT2D eigenvalue weighted by Gasteiger charge is -2.32. The number of thioether (sulfide) groups is 1. The molecule has 0 saturated carbocycles. The molecule has 0 saturated heterocycles. The monoisotopic (exact) mass is 403 g/mol. The molecular formula is C25H25NO2S. The van der Waals surface area contributed by atoms with Gasteiger partial charge in [-0.15, -0.1) is 0 Å². The quantitative estimate of drug-likeness (QED) is 0.598. The van der Waals surface area contributed by atoms with Crippen molar-refractivity contribution in [1.29, 1.82) is 0 Å². The molecule has 3 aromatic rings. The lowest BCUT2D eigenvalue weighted by Crippen LogP contribution is -2.27. The van der Waals surface area contributed by atoms with E-state index in [2.05, 4.69) is 25.2 Å². The van der Waals surface area contributed by atoms with Crippen LogP contribution in [0.15, 0.2) is 54.6 Å². The summed E-state index contributed by atoms with van der Waals surface area (Å²) >= 11 is 1.93. The topological polar surface area (TPSA) is 46.2 Å². The predicted octanol–water partition coefficient (Wildman–Crippen LogP) is 5.34. The molecule has 148 valence electrons. The van der Waals surface area contributed by atoms with Crippen molar-refractivity contribution in [1.82, 2.24) is 5.32 Å². The SMILES string of the molecule is CCNC(=O)c1cc2ccccc2cc1C(=O)c1ccc2c(c1)C(C)(C)CSC2. The highest BCUT2D eigenvalue weighted by molar-refractivity contribution is 7.98. The third kappa shape index (κ3) is 3.69. The Kier molecular flexibility index (Phi) is 5.22. The first-order chi connectivity index (χ1) is 13.9. The maximum atomic E-state index is 13.5.